The van der Waals surface area contributed by atoms with E-state index in [0.717, 1.165) is 97.3 Å². The van der Waals surface area contributed by atoms with Crippen LogP contribution in [0.15, 0.2) is 121 Å². The van der Waals surface area contributed by atoms with Gasteiger partial charge in [0.25, 0.3) is 5.91 Å². The fourth-order valence-corrected chi connectivity index (χ4v) is 13.7. The van der Waals surface area contributed by atoms with E-state index in [1.54, 1.807) is 11.9 Å². The van der Waals surface area contributed by atoms with Gasteiger partial charge in [-0.25, -0.2) is 9.18 Å². The van der Waals surface area contributed by atoms with Crippen LogP contribution in [0.4, 0.5) is 41.2 Å². The first-order chi connectivity index (χ1) is 45.3. The van der Waals surface area contributed by atoms with Crippen molar-refractivity contribution in [2.75, 3.05) is 125 Å². The Labute approximate surface area is 552 Å². The molecule has 3 aliphatic heterocycles. The molecule has 4 aliphatic rings. The number of hydrogen-bond acceptors (Lipinski definition) is 10. The molecular formula is C72H90F7N8O8+. The molecule has 2 atom stereocenters. The fraction of sp³-hybridized carbons (Fsp3) is 0.514. The van der Waals surface area contributed by atoms with Crippen LogP contribution < -0.4 is 10.6 Å². The van der Waals surface area contributed by atoms with E-state index < -0.39 is 64.6 Å². The number of hydrogen-bond donors (Lipinski definition) is 2. The topological polar surface area (TPSA) is 153 Å². The number of alkyl halides is 6. The number of anilines is 1. The van der Waals surface area contributed by atoms with Gasteiger partial charge in [0.05, 0.1) is 56.6 Å². The number of carbonyl (C=O) groups excluding carboxylic acids is 5. The highest BCUT2D eigenvalue weighted by molar-refractivity contribution is 5.95. The lowest BCUT2D eigenvalue weighted by atomic mass is 9.72. The minimum atomic E-state index is -5.15. The Morgan fingerprint density at radius 1 is 0.695 bits per heavy atom. The molecule has 2 N–H and O–H groups in total. The Morgan fingerprint density at radius 2 is 1.34 bits per heavy atom. The summed E-state index contributed by atoms with van der Waals surface area (Å²) in [6.07, 6.45) is -2.60. The van der Waals surface area contributed by atoms with E-state index in [2.05, 4.69) is 46.7 Å². The van der Waals surface area contributed by atoms with E-state index in [9.17, 15) is 54.7 Å². The lowest BCUT2D eigenvalue weighted by Crippen LogP contribution is -2.50. The van der Waals surface area contributed by atoms with Crippen molar-refractivity contribution in [1.29, 1.82) is 0 Å². The first-order valence-corrected chi connectivity index (χ1v) is 33.1. The molecule has 0 radical (unpaired) electrons. The highest BCUT2D eigenvalue weighted by Crippen LogP contribution is 2.48. The normalized spacial score (nSPS) is 18.6. The van der Waals surface area contributed by atoms with Gasteiger partial charge in [0.1, 0.15) is 30.9 Å². The van der Waals surface area contributed by atoms with Crippen molar-refractivity contribution in [1.82, 2.24) is 29.8 Å². The maximum absolute atomic E-state index is 14.2. The van der Waals surface area contributed by atoms with Crippen molar-refractivity contribution in [3.05, 3.63) is 161 Å². The van der Waals surface area contributed by atoms with Gasteiger partial charge in [-0.15, -0.1) is 0 Å². The van der Waals surface area contributed by atoms with Gasteiger partial charge in [-0.05, 0) is 136 Å². The molecule has 3 saturated heterocycles. The summed E-state index contributed by atoms with van der Waals surface area (Å²) in [7, 11) is 7.91. The number of likely N-dealkylation sites (tertiary alicyclic amines) is 2. The molecule has 0 unspecified atom stereocenters. The van der Waals surface area contributed by atoms with Gasteiger partial charge in [-0.1, -0.05) is 84.9 Å². The molecule has 5 amide bonds. The largest absolute Gasteiger partial charge is 0.446 e. The molecule has 0 bridgehead atoms. The van der Waals surface area contributed by atoms with Crippen LogP contribution in [0.2, 0.25) is 0 Å². The molecule has 1 aliphatic carbocycles. The van der Waals surface area contributed by atoms with Gasteiger partial charge in [0.2, 0.25) is 17.7 Å². The average molecular weight is 1330 g/mol. The molecule has 5 aromatic carbocycles. The van der Waals surface area contributed by atoms with Crippen molar-refractivity contribution < 1.29 is 73.4 Å². The minimum Gasteiger partial charge on any atom is -0.446 e. The number of likely N-dealkylation sites (N-methyl/N-ethyl adjacent to an activating group) is 2. The summed E-state index contributed by atoms with van der Waals surface area (Å²) < 4.78 is 116. The Bertz CT molecular complexity index is 3360. The zero-order valence-corrected chi connectivity index (χ0v) is 54.9. The van der Waals surface area contributed by atoms with Crippen molar-refractivity contribution in [3.63, 3.8) is 0 Å². The number of nitrogens with zero attached hydrogens (tertiary/aromatic N) is 6. The fourth-order valence-electron chi connectivity index (χ4n) is 13.7. The van der Waals surface area contributed by atoms with Gasteiger partial charge in [-0.3, -0.25) is 24.5 Å². The zero-order valence-electron chi connectivity index (χ0n) is 54.9. The van der Waals surface area contributed by atoms with Gasteiger partial charge in [0.15, 0.2) is 0 Å². The third-order valence-electron chi connectivity index (χ3n) is 19.5. The van der Waals surface area contributed by atoms with Crippen LogP contribution in [-0.2, 0) is 58.4 Å². The number of quaternary nitrogens is 1. The van der Waals surface area contributed by atoms with E-state index in [0.29, 0.717) is 101 Å². The number of halogens is 7. The monoisotopic (exact) mass is 1330 g/mol. The molecule has 23 heteroatoms. The number of rotatable bonds is 28. The van der Waals surface area contributed by atoms with Crippen molar-refractivity contribution >= 4 is 35.4 Å². The summed E-state index contributed by atoms with van der Waals surface area (Å²) in [6, 6.07) is 32.0. The average Bonchev–Trinajstić information content (AvgIpc) is 1.62. The minimum absolute atomic E-state index is 0.0270. The number of nitrogens with one attached hydrogen (secondary N) is 2. The standard InChI is InChI=1S/C72H89F7N8O8/c1-82(35-16-34-80-64(88)23-15-44-87(3,4)43-14-6-9-24-65(89)83(2)41-42-84-36-29-59(30-37-84)95-68(92)81-62-22-13-11-20-60(62)52-17-7-5-8-18-52)66(90)49-93-63-47-53-19-10-12-21-61(53)69(63)31-38-85(39-32-69)40-33-70(55-25-27-58(73)28-26-55)50-86(51-94-70)67(91)54-45-56(71(74,75)76)48-57(46-54)72(77,78)79/h5,7-8,10-13,17-22,25-28,45-46,48,59,63H,6,9,14-16,23-24,29-44,47,49-51H2,1-4H3,(H-,80,81,88,92)/p+1/t63-,70-/m0/s1. The van der Waals surface area contributed by atoms with Crippen LogP contribution in [0.25, 0.3) is 11.1 Å². The lowest BCUT2D eigenvalue weighted by molar-refractivity contribution is -0.890. The quantitative estimate of drug-likeness (QED) is 0.0281. The lowest BCUT2D eigenvalue weighted by Gasteiger charge is -2.44. The molecule has 0 saturated carbocycles. The van der Waals surface area contributed by atoms with Gasteiger partial charge >= 0.3 is 18.4 Å². The van der Waals surface area contributed by atoms with E-state index >= 15 is 0 Å². The summed E-state index contributed by atoms with van der Waals surface area (Å²) in [5.74, 6) is -1.68. The number of benzene rings is 5. The van der Waals surface area contributed by atoms with Crippen LogP contribution in [0.5, 0.6) is 0 Å². The third-order valence-corrected chi connectivity index (χ3v) is 19.5. The third kappa shape index (κ3) is 19.4. The zero-order chi connectivity index (χ0) is 68.0. The van der Waals surface area contributed by atoms with E-state index in [1.807, 2.05) is 78.7 Å². The molecule has 3 fully saturated rings. The number of ether oxygens (including phenoxy) is 3. The van der Waals surface area contributed by atoms with E-state index in [1.165, 1.54) is 29.8 Å². The molecule has 9 rings (SSSR count). The molecular weight excluding hydrogens is 1240 g/mol. The van der Waals surface area contributed by atoms with Crippen LogP contribution in [0, 0.1) is 5.82 Å². The number of carbonyl (C=O) groups is 5. The molecule has 16 nitrogen and oxygen atoms in total. The van der Waals surface area contributed by atoms with Crippen LogP contribution in [-0.4, -0.2) is 191 Å². The first kappa shape index (κ1) is 71.8. The predicted octanol–water partition coefficient (Wildman–Crippen LogP) is 11.8. The maximum Gasteiger partial charge on any atom is 0.416 e. The summed E-state index contributed by atoms with van der Waals surface area (Å²) >= 11 is 0. The molecule has 1 spiro atoms. The predicted molar refractivity (Wildman–Crippen MR) is 347 cm³/mol. The van der Waals surface area contributed by atoms with E-state index in [-0.39, 0.29) is 55.6 Å². The number of piperidine rings is 2. The Kier molecular flexibility index (Phi) is 24.3. The summed E-state index contributed by atoms with van der Waals surface area (Å²) in [6.45, 7) is 6.48. The Balaban J connectivity index is 0.631. The SMILES string of the molecule is CN(CCN1CCC(OC(=O)Nc2ccccc2-c2ccccc2)CC1)C(=O)CCCCC[N+](C)(C)CCCC(=O)NCCCN(C)C(=O)CO[C@H]1Cc2ccccc2C12CCN(CC[C@@]1(c3ccc(F)cc3)CN(C(=O)c3cc(C(F)(F)F)cc(C(F)(F)F)c3)CO1)CC2. The number of amides is 5. The van der Waals surface area contributed by atoms with Crippen molar-refractivity contribution in [2.45, 2.75) is 119 Å². The highest BCUT2D eigenvalue weighted by atomic mass is 19.4. The van der Waals surface area contributed by atoms with Crippen LogP contribution >= 0.6 is 0 Å². The van der Waals surface area contributed by atoms with E-state index in [4.69, 9.17) is 14.2 Å². The maximum atomic E-state index is 14.2. The van der Waals surface area contributed by atoms with Gasteiger partial charge in [0, 0.05) is 95.7 Å². The second-order valence-corrected chi connectivity index (χ2v) is 26.6. The molecule has 95 heavy (non-hydrogen) atoms. The van der Waals surface area contributed by atoms with Crippen molar-refractivity contribution in [3.8, 4) is 11.1 Å². The summed E-state index contributed by atoms with van der Waals surface area (Å²) in [5.41, 5.74) is -0.191. The molecule has 0 aromatic heterocycles. The van der Waals surface area contributed by atoms with Gasteiger partial charge < -0.3 is 48.5 Å². The number of para-hydroxylation sites is 1. The Morgan fingerprint density at radius 3 is 2.04 bits per heavy atom. The molecule has 514 valence electrons. The summed E-state index contributed by atoms with van der Waals surface area (Å²) in [4.78, 5) is 75.1. The second kappa shape index (κ2) is 32.1. The Hall–Kier alpha value is -7.44. The van der Waals surface area contributed by atoms with Crippen molar-refractivity contribution in [2.24, 2.45) is 0 Å². The van der Waals surface area contributed by atoms with Gasteiger partial charge in [-0.2, -0.15) is 26.3 Å². The molecule has 3 heterocycles. The van der Waals surface area contributed by atoms with Crippen LogP contribution in [0.1, 0.15) is 115 Å². The van der Waals surface area contributed by atoms with Crippen LogP contribution in [0.3, 0.4) is 0 Å². The number of fused-ring (bicyclic) bond motifs is 2. The first-order valence-electron chi connectivity index (χ1n) is 33.1. The smallest absolute Gasteiger partial charge is 0.416 e. The summed E-state index contributed by atoms with van der Waals surface area (Å²) in [5, 5.41) is 5.94. The molecule has 5 aromatic rings. The second-order valence-electron chi connectivity index (χ2n) is 26.6. The highest BCUT2D eigenvalue weighted by Gasteiger charge is 2.50. The number of unbranched alkanes of at least 4 members (excludes halogenated alkanes) is 2.